The number of ether oxygens (including phenoxy) is 1. The number of halogens is 1. The SMILES string of the molecule is CCOCCCn1c(SCC(=O)NC(=O)c2ccccc2Cl)nc2ccccc2c1=O. The Morgan fingerprint density at radius 2 is 1.90 bits per heavy atom. The number of carbonyl (C=O) groups excluding carboxylic acids is 2. The van der Waals surface area contributed by atoms with Crippen molar-refractivity contribution < 1.29 is 14.3 Å². The lowest BCUT2D eigenvalue weighted by molar-refractivity contribution is -0.117. The molecule has 3 rings (SSSR count). The van der Waals surface area contributed by atoms with Crippen molar-refractivity contribution in [2.45, 2.75) is 25.0 Å². The Labute approximate surface area is 188 Å². The van der Waals surface area contributed by atoms with Crippen LogP contribution < -0.4 is 10.9 Å². The first-order chi connectivity index (χ1) is 15.0. The zero-order valence-electron chi connectivity index (χ0n) is 17.0. The first-order valence-corrected chi connectivity index (χ1v) is 11.2. The molecule has 2 amide bonds. The van der Waals surface area contributed by atoms with Gasteiger partial charge in [0.1, 0.15) is 0 Å². The lowest BCUT2D eigenvalue weighted by Gasteiger charge is -2.13. The van der Waals surface area contributed by atoms with Crippen molar-refractivity contribution in [2.24, 2.45) is 0 Å². The Morgan fingerprint density at radius 3 is 2.68 bits per heavy atom. The van der Waals surface area contributed by atoms with Gasteiger partial charge in [-0.3, -0.25) is 24.3 Å². The highest BCUT2D eigenvalue weighted by Gasteiger charge is 2.16. The lowest BCUT2D eigenvalue weighted by atomic mass is 10.2. The third-order valence-corrected chi connectivity index (χ3v) is 5.71. The van der Waals surface area contributed by atoms with Gasteiger partial charge in [-0.05, 0) is 37.6 Å². The second-order valence-electron chi connectivity index (χ2n) is 6.56. The summed E-state index contributed by atoms with van der Waals surface area (Å²) < 4.78 is 6.91. The number of thioether (sulfide) groups is 1. The Kier molecular flexibility index (Phi) is 8.22. The van der Waals surface area contributed by atoms with Crippen molar-refractivity contribution in [1.29, 1.82) is 0 Å². The van der Waals surface area contributed by atoms with Crippen molar-refractivity contribution in [3.63, 3.8) is 0 Å². The maximum Gasteiger partial charge on any atom is 0.262 e. The third-order valence-electron chi connectivity index (χ3n) is 4.40. The van der Waals surface area contributed by atoms with Gasteiger partial charge in [-0.1, -0.05) is 47.6 Å². The molecule has 0 spiro atoms. The third kappa shape index (κ3) is 5.94. The normalized spacial score (nSPS) is 10.9. The van der Waals surface area contributed by atoms with Gasteiger partial charge < -0.3 is 4.74 Å². The molecule has 0 aliphatic heterocycles. The van der Waals surface area contributed by atoms with Crippen LogP contribution in [0, 0.1) is 0 Å². The number of hydrogen-bond acceptors (Lipinski definition) is 6. The van der Waals surface area contributed by atoms with Crippen LogP contribution in [0.5, 0.6) is 0 Å². The van der Waals surface area contributed by atoms with Crippen LogP contribution in [0.3, 0.4) is 0 Å². The van der Waals surface area contributed by atoms with Crippen LogP contribution in [-0.2, 0) is 16.1 Å². The maximum absolute atomic E-state index is 13.0. The van der Waals surface area contributed by atoms with E-state index in [1.807, 2.05) is 6.92 Å². The van der Waals surface area contributed by atoms with E-state index in [1.54, 1.807) is 53.1 Å². The standard InChI is InChI=1S/C22H22ClN3O4S/c1-2-30-13-7-12-26-21(29)16-9-4-6-11-18(16)24-22(26)31-14-19(27)25-20(28)15-8-3-5-10-17(15)23/h3-6,8-11H,2,7,12-14H2,1H3,(H,25,27,28). The minimum Gasteiger partial charge on any atom is -0.382 e. The van der Waals surface area contributed by atoms with Crippen LogP contribution >= 0.6 is 23.4 Å². The monoisotopic (exact) mass is 459 g/mol. The molecule has 0 saturated heterocycles. The number of carbonyl (C=O) groups is 2. The molecular formula is C22H22ClN3O4S. The van der Waals surface area contributed by atoms with Crippen LogP contribution in [0.1, 0.15) is 23.7 Å². The molecule has 1 heterocycles. The summed E-state index contributed by atoms with van der Waals surface area (Å²) in [5.41, 5.74) is 0.611. The summed E-state index contributed by atoms with van der Waals surface area (Å²) >= 11 is 7.11. The molecule has 9 heteroatoms. The average molecular weight is 460 g/mol. The number of rotatable bonds is 9. The number of aromatic nitrogens is 2. The predicted octanol–water partition coefficient (Wildman–Crippen LogP) is 3.53. The number of imide groups is 1. The molecule has 0 unspecified atom stereocenters. The van der Waals surface area contributed by atoms with E-state index < -0.39 is 11.8 Å². The average Bonchev–Trinajstić information content (AvgIpc) is 2.77. The molecule has 3 aromatic rings. The van der Waals surface area contributed by atoms with Gasteiger partial charge in [0.15, 0.2) is 5.16 Å². The molecule has 1 aromatic heterocycles. The van der Waals surface area contributed by atoms with E-state index in [-0.39, 0.29) is 21.9 Å². The Bertz CT molecular complexity index is 1150. The van der Waals surface area contributed by atoms with Crippen LogP contribution in [0.4, 0.5) is 0 Å². The molecule has 0 atom stereocenters. The van der Waals surface area contributed by atoms with E-state index in [2.05, 4.69) is 10.3 Å². The highest BCUT2D eigenvalue weighted by Crippen LogP contribution is 2.19. The van der Waals surface area contributed by atoms with E-state index in [0.717, 1.165) is 11.8 Å². The fourth-order valence-corrected chi connectivity index (χ4v) is 3.98. The smallest absolute Gasteiger partial charge is 0.262 e. The second kappa shape index (κ2) is 11.1. The molecule has 31 heavy (non-hydrogen) atoms. The predicted molar refractivity (Wildman–Crippen MR) is 122 cm³/mol. The van der Waals surface area contributed by atoms with Gasteiger partial charge in [0.2, 0.25) is 5.91 Å². The summed E-state index contributed by atoms with van der Waals surface area (Å²) in [6.45, 7) is 3.45. The van der Waals surface area contributed by atoms with Crippen molar-refractivity contribution in [3.8, 4) is 0 Å². The molecule has 0 radical (unpaired) electrons. The highest BCUT2D eigenvalue weighted by molar-refractivity contribution is 7.99. The van der Waals surface area contributed by atoms with Crippen molar-refractivity contribution in [2.75, 3.05) is 19.0 Å². The molecule has 0 fully saturated rings. The fraction of sp³-hybridized carbons (Fsp3) is 0.273. The summed E-state index contributed by atoms with van der Waals surface area (Å²) in [4.78, 5) is 42.1. The molecule has 0 saturated carbocycles. The zero-order chi connectivity index (χ0) is 22.2. The number of nitrogens with zero attached hydrogens (tertiary/aromatic N) is 2. The van der Waals surface area contributed by atoms with Gasteiger partial charge in [0.05, 0.1) is 27.2 Å². The minimum absolute atomic E-state index is 0.0770. The Morgan fingerprint density at radius 1 is 1.16 bits per heavy atom. The summed E-state index contributed by atoms with van der Waals surface area (Å²) in [5, 5.41) is 3.52. The van der Waals surface area contributed by atoms with Crippen LogP contribution in [-0.4, -0.2) is 40.3 Å². The number of hydrogen-bond donors (Lipinski definition) is 1. The number of fused-ring (bicyclic) bond motifs is 1. The van der Waals surface area contributed by atoms with Gasteiger partial charge in [0, 0.05) is 19.8 Å². The molecule has 162 valence electrons. The Hall–Kier alpha value is -2.68. The second-order valence-corrected chi connectivity index (χ2v) is 7.91. The van der Waals surface area contributed by atoms with Crippen LogP contribution in [0.15, 0.2) is 58.5 Å². The molecule has 0 aliphatic carbocycles. The first-order valence-electron chi connectivity index (χ1n) is 9.80. The fourth-order valence-electron chi connectivity index (χ4n) is 2.93. The molecule has 0 aliphatic rings. The zero-order valence-corrected chi connectivity index (χ0v) is 18.5. The molecule has 7 nitrogen and oxygen atoms in total. The van der Waals surface area contributed by atoms with E-state index in [9.17, 15) is 14.4 Å². The van der Waals surface area contributed by atoms with Crippen molar-refractivity contribution in [3.05, 3.63) is 69.5 Å². The lowest BCUT2D eigenvalue weighted by Crippen LogP contribution is -2.32. The molecule has 2 aromatic carbocycles. The quantitative estimate of drug-likeness (QED) is 0.299. The molecule has 0 bridgehead atoms. The summed E-state index contributed by atoms with van der Waals surface area (Å²) in [7, 11) is 0. The Balaban J connectivity index is 1.74. The van der Waals surface area contributed by atoms with Crippen molar-refractivity contribution >= 4 is 46.1 Å². The van der Waals surface area contributed by atoms with Gasteiger partial charge in [-0.15, -0.1) is 0 Å². The van der Waals surface area contributed by atoms with Gasteiger partial charge in [0.25, 0.3) is 11.5 Å². The van der Waals surface area contributed by atoms with Gasteiger partial charge >= 0.3 is 0 Å². The summed E-state index contributed by atoms with van der Waals surface area (Å²) in [6, 6.07) is 13.6. The molecule has 1 N–H and O–H groups in total. The largest absolute Gasteiger partial charge is 0.382 e. The topological polar surface area (TPSA) is 90.3 Å². The number of amides is 2. The number of benzene rings is 2. The first kappa shape index (κ1) is 23.0. The maximum atomic E-state index is 13.0. The van der Waals surface area contributed by atoms with Crippen molar-refractivity contribution in [1.82, 2.24) is 14.9 Å². The number of nitrogens with one attached hydrogen (secondary N) is 1. The van der Waals surface area contributed by atoms with Crippen LogP contribution in [0.2, 0.25) is 5.02 Å². The minimum atomic E-state index is -0.572. The summed E-state index contributed by atoms with van der Waals surface area (Å²) in [6.07, 6.45) is 0.637. The summed E-state index contributed by atoms with van der Waals surface area (Å²) in [5.74, 6) is -1.15. The van der Waals surface area contributed by atoms with Crippen LogP contribution in [0.25, 0.3) is 10.9 Å². The van der Waals surface area contributed by atoms with Gasteiger partial charge in [-0.25, -0.2) is 4.98 Å². The van der Waals surface area contributed by atoms with E-state index >= 15 is 0 Å². The number of para-hydroxylation sites is 1. The van der Waals surface area contributed by atoms with E-state index in [4.69, 9.17) is 16.3 Å². The van der Waals surface area contributed by atoms with Gasteiger partial charge in [-0.2, -0.15) is 0 Å². The molecular weight excluding hydrogens is 438 g/mol. The highest BCUT2D eigenvalue weighted by atomic mass is 35.5. The van der Waals surface area contributed by atoms with E-state index in [1.165, 1.54) is 0 Å². The van der Waals surface area contributed by atoms with E-state index in [0.29, 0.717) is 42.2 Å².